The van der Waals surface area contributed by atoms with Gasteiger partial charge in [0.05, 0.1) is 12.7 Å². The topological polar surface area (TPSA) is 46.5 Å². The molecule has 4 saturated carbocycles. The van der Waals surface area contributed by atoms with Gasteiger partial charge in [0.2, 0.25) is 0 Å². The van der Waals surface area contributed by atoms with E-state index in [1.54, 1.807) is 0 Å². The standard InChI is InChI=1S/C30H32O3/c1-3-21-11-22(24-6-4-5-7-25(24)29(32)33-2)12-23-13-27(28(31)14-26(21)23)30-15-18-8-19(16-30)10-20(9-18)17-30/h4-7,11-14,18-20,31H,3,8-10,15-17H2,1-2H3. The van der Waals surface area contributed by atoms with Gasteiger partial charge in [0.25, 0.3) is 0 Å². The van der Waals surface area contributed by atoms with Gasteiger partial charge in [0, 0.05) is 5.56 Å². The van der Waals surface area contributed by atoms with Gasteiger partial charge in [-0.2, -0.15) is 0 Å². The summed E-state index contributed by atoms with van der Waals surface area (Å²) < 4.78 is 5.04. The minimum Gasteiger partial charge on any atom is -0.508 e. The summed E-state index contributed by atoms with van der Waals surface area (Å²) in [6.45, 7) is 2.15. The largest absolute Gasteiger partial charge is 0.508 e. The lowest BCUT2D eigenvalue weighted by Crippen LogP contribution is -2.48. The van der Waals surface area contributed by atoms with E-state index in [9.17, 15) is 9.90 Å². The lowest BCUT2D eigenvalue weighted by Gasteiger charge is -2.57. The summed E-state index contributed by atoms with van der Waals surface area (Å²) in [5.74, 6) is 2.65. The van der Waals surface area contributed by atoms with Crippen molar-refractivity contribution in [2.24, 2.45) is 17.8 Å². The number of methoxy groups -OCH3 is 1. The Bertz CT molecular complexity index is 1220. The summed E-state index contributed by atoms with van der Waals surface area (Å²) in [4.78, 5) is 12.4. The second-order valence-electron chi connectivity index (χ2n) is 10.8. The molecule has 3 aromatic carbocycles. The van der Waals surface area contributed by atoms with E-state index in [2.05, 4.69) is 25.1 Å². The zero-order valence-corrected chi connectivity index (χ0v) is 19.6. The lowest BCUT2D eigenvalue weighted by molar-refractivity contribution is -0.00606. The van der Waals surface area contributed by atoms with Crippen LogP contribution in [0.1, 0.15) is 66.9 Å². The van der Waals surface area contributed by atoms with Crippen LogP contribution < -0.4 is 0 Å². The van der Waals surface area contributed by atoms with E-state index < -0.39 is 0 Å². The molecular weight excluding hydrogens is 408 g/mol. The van der Waals surface area contributed by atoms with Crippen molar-refractivity contribution in [2.45, 2.75) is 57.3 Å². The molecule has 1 N–H and O–H groups in total. The van der Waals surface area contributed by atoms with Gasteiger partial charge < -0.3 is 9.84 Å². The Kier molecular flexibility index (Phi) is 4.79. The first-order chi connectivity index (χ1) is 16.0. The first kappa shape index (κ1) is 20.8. The highest BCUT2D eigenvalue weighted by atomic mass is 16.5. The summed E-state index contributed by atoms with van der Waals surface area (Å²) in [5, 5.41) is 13.5. The van der Waals surface area contributed by atoms with Crippen LogP contribution in [0.5, 0.6) is 5.75 Å². The molecule has 4 fully saturated rings. The van der Waals surface area contributed by atoms with Gasteiger partial charge in [-0.05, 0) is 120 Å². The molecule has 170 valence electrons. The van der Waals surface area contributed by atoms with Gasteiger partial charge in [-0.15, -0.1) is 0 Å². The Hall–Kier alpha value is -2.81. The van der Waals surface area contributed by atoms with Crippen LogP contribution in [0.3, 0.4) is 0 Å². The maximum Gasteiger partial charge on any atom is 0.338 e. The molecule has 0 aliphatic heterocycles. The number of phenolic OH excluding ortho intramolecular Hbond substituents is 1. The minimum atomic E-state index is -0.316. The van der Waals surface area contributed by atoms with Crippen molar-refractivity contribution in [1.82, 2.24) is 0 Å². The molecule has 33 heavy (non-hydrogen) atoms. The molecule has 0 heterocycles. The van der Waals surface area contributed by atoms with E-state index in [1.807, 2.05) is 30.3 Å². The molecule has 3 heteroatoms. The van der Waals surface area contributed by atoms with Crippen LogP contribution in [0.2, 0.25) is 0 Å². The van der Waals surface area contributed by atoms with Gasteiger partial charge in [0.15, 0.2) is 0 Å². The molecular formula is C30H32O3. The second-order valence-corrected chi connectivity index (χ2v) is 10.8. The average Bonchev–Trinajstić information content (AvgIpc) is 2.81. The van der Waals surface area contributed by atoms with Gasteiger partial charge in [-0.25, -0.2) is 4.79 Å². The van der Waals surface area contributed by atoms with Crippen LogP contribution in [0.15, 0.2) is 48.5 Å². The molecule has 0 spiro atoms. The molecule has 0 amide bonds. The maximum absolute atomic E-state index is 12.4. The number of carbonyl (C=O) groups is 1. The third-order valence-electron chi connectivity index (χ3n) is 8.79. The van der Waals surface area contributed by atoms with Crippen molar-refractivity contribution in [3.63, 3.8) is 0 Å². The van der Waals surface area contributed by atoms with Crippen LogP contribution in [-0.2, 0) is 16.6 Å². The highest BCUT2D eigenvalue weighted by molar-refractivity contribution is 5.99. The molecule has 4 bridgehead atoms. The average molecular weight is 441 g/mol. The molecule has 7 rings (SSSR count). The fourth-order valence-electron chi connectivity index (χ4n) is 7.81. The summed E-state index contributed by atoms with van der Waals surface area (Å²) in [7, 11) is 1.43. The molecule has 3 aromatic rings. The Morgan fingerprint density at radius 3 is 2.30 bits per heavy atom. The Labute approximate surface area is 195 Å². The van der Waals surface area contributed by atoms with Gasteiger partial charge in [0.1, 0.15) is 5.75 Å². The predicted octanol–water partition coefficient (Wildman–Crippen LogP) is 7.03. The molecule has 3 nitrogen and oxygen atoms in total. The van der Waals surface area contributed by atoms with Gasteiger partial charge in [-0.3, -0.25) is 0 Å². The highest BCUT2D eigenvalue weighted by Crippen LogP contribution is 2.62. The number of aromatic hydroxyl groups is 1. The fourth-order valence-corrected chi connectivity index (χ4v) is 7.81. The van der Waals surface area contributed by atoms with Crippen molar-refractivity contribution in [3.05, 3.63) is 65.2 Å². The smallest absolute Gasteiger partial charge is 0.338 e. The van der Waals surface area contributed by atoms with Crippen molar-refractivity contribution < 1.29 is 14.6 Å². The number of hydrogen-bond acceptors (Lipinski definition) is 3. The van der Waals surface area contributed by atoms with Crippen molar-refractivity contribution in [1.29, 1.82) is 0 Å². The molecule has 0 unspecified atom stereocenters. The number of hydrogen-bond donors (Lipinski definition) is 1. The zero-order valence-electron chi connectivity index (χ0n) is 19.6. The normalized spacial score (nSPS) is 27.8. The first-order valence-electron chi connectivity index (χ1n) is 12.5. The maximum atomic E-state index is 12.4. The number of aryl methyl sites for hydroxylation is 1. The fraction of sp³-hybridized carbons (Fsp3) is 0.433. The van der Waals surface area contributed by atoms with E-state index in [1.165, 1.54) is 51.2 Å². The van der Waals surface area contributed by atoms with E-state index in [4.69, 9.17) is 4.74 Å². The van der Waals surface area contributed by atoms with Crippen LogP contribution in [0.25, 0.3) is 21.9 Å². The molecule has 4 aliphatic rings. The Morgan fingerprint density at radius 1 is 1.00 bits per heavy atom. The number of esters is 1. The number of phenols is 1. The van der Waals surface area contributed by atoms with Crippen molar-refractivity contribution >= 4 is 16.7 Å². The summed E-state index contributed by atoms with van der Waals surface area (Å²) in [6, 6.07) is 16.3. The molecule has 4 aliphatic carbocycles. The monoisotopic (exact) mass is 440 g/mol. The third-order valence-corrected chi connectivity index (χ3v) is 8.79. The summed E-state index contributed by atoms with van der Waals surface area (Å²) in [6.07, 6.45) is 8.71. The third kappa shape index (κ3) is 3.27. The molecule has 0 atom stereocenters. The van der Waals surface area contributed by atoms with E-state index in [-0.39, 0.29) is 11.4 Å². The Balaban J connectivity index is 1.52. The van der Waals surface area contributed by atoms with Crippen LogP contribution in [0, 0.1) is 17.8 Å². The van der Waals surface area contributed by atoms with Crippen molar-refractivity contribution in [2.75, 3.05) is 7.11 Å². The minimum absolute atomic E-state index is 0.138. The summed E-state index contributed by atoms with van der Waals surface area (Å²) in [5.41, 5.74) is 5.00. The second kappa shape index (κ2) is 7.62. The molecule has 0 aromatic heterocycles. The quantitative estimate of drug-likeness (QED) is 0.443. The first-order valence-corrected chi connectivity index (χ1v) is 12.5. The molecule has 0 saturated heterocycles. The SMILES string of the molecule is CCc1cc(-c2ccccc2C(=O)OC)cc2cc(C34CC5CC(CC(C5)C3)C4)c(O)cc12. The number of fused-ring (bicyclic) bond motifs is 1. The lowest BCUT2D eigenvalue weighted by atomic mass is 9.48. The number of rotatable bonds is 4. The Morgan fingerprint density at radius 2 is 1.67 bits per heavy atom. The molecule has 0 radical (unpaired) electrons. The zero-order chi connectivity index (χ0) is 22.7. The predicted molar refractivity (Wildman–Crippen MR) is 132 cm³/mol. The van der Waals surface area contributed by atoms with Gasteiger partial charge in [-0.1, -0.05) is 31.2 Å². The number of benzene rings is 3. The number of ether oxygens (including phenoxy) is 1. The van der Waals surface area contributed by atoms with E-state index in [0.717, 1.165) is 51.6 Å². The van der Waals surface area contributed by atoms with Crippen LogP contribution in [0.4, 0.5) is 0 Å². The van der Waals surface area contributed by atoms with Gasteiger partial charge >= 0.3 is 5.97 Å². The number of carbonyl (C=O) groups excluding carboxylic acids is 1. The highest BCUT2D eigenvalue weighted by Gasteiger charge is 2.52. The van der Waals surface area contributed by atoms with E-state index in [0.29, 0.717) is 11.3 Å². The van der Waals surface area contributed by atoms with Crippen molar-refractivity contribution in [3.8, 4) is 16.9 Å². The van der Waals surface area contributed by atoms with Crippen LogP contribution >= 0.6 is 0 Å². The van der Waals surface area contributed by atoms with E-state index >= 15 is 0 Å². The summed E-state index contributed by atoms with van der Waals surface area (Å²) >= 11 is 0. The van der Waals surface area contributed by atoms with Crippen LogP contribution in [-0.4, -0.2) is 18.2 Å².